The Balaban J connectivity index is 1.65. The number of sulfonamides is 1. The van der Waals surface area contributed by atoms with Crippen molar-refractivity contribution in [2.45, 2.75) is 50.5 Å². The van der Waals surface area contributed by atoms with Crippen LogP contribution in [0.5, 0.6) is 0 Å². The molecule has 2 N–H and O–H groups in total. The van der Waals surface area contributed by atoms with E-state index in [0.717, 1.165) is 31.4 Å². The molecule has 1 amide bonds. The number of rotatable bonds is 4. The molecular formula is C15H24N4O3S. The zero-order chi connectivity index (χ0) is 16.4. The van der Waals surface area contributed by atoms with Crippen molar-refractivity contribution in [3.05, 3.63) is 17.5 Å². The van der Waals surface area contributed by atoms with E-state index >= 15 is 0 Å². The van der Waals surface area contributed by atoms with E-state index in [1.165, 1.54) is 23.4 Å². The first-order valence-electron chi connectivity index (χ1n) is 8.25. The Hall–Kier alpha value is -1.41. The number of carbonyl (C=O) groups is 1. The lowest BCUT2D eigenvalue weighted by Gasteiger charge is -2.30. The molecule has 128 valence electrons. The second-order valence-electron chi connectivity index (χ2n) is 6.62. The van der Waals surface area contributed by atoms with E-state index in [4.69, 9.17) is 0 Å². The summed E-state index contributed by atoms with van der Waals surface area (Å²) in [6.07, 6.45) is 7.37. The maximum atomic E-state index is 12.2. The predicted molar refractivity (Wildman–Crippen MR) is 86.7 cm³/mol. The van der Waals surface area contributed by atoms with Crippen LogP contribution in [0.15, 0.2) is 6.07 Å². The first-order valence-corrected chi connectivity index (χ1v) is 10.1. The van der Waals surface area contributed by atoms with E-state index in [1.807, 2.05) is 0 Å². The van der Waals surface area contributed by atoms with Crippen molar-refractivity contribution in [1.82, 2.24) is 19.8 Å². The summed E-state index contributed by atoms with van der Waals surface area (Å²) in [5, 5.41) is 10.1. The van der Waals surface area contributed by atoms with Gasteiger partial charge in [0.1, 0.15) is 5.69 Å². The van der Waals surface area contributed by atoms with Gasteiger partial charge in [0, 0.05) is 30.7 Å². The van der Waals surface area contributed by atoms with Crippen LogP contribution in [0.1, 0.15) is 60.6 Å². The molecule has 0 radical (unpaired) electrons. The molecule has 7 nitrogen and oxygen atoms in total. The molecule has 1 saturated heterocycles. The molecule has 1 aliphatic heterocycles. The van der Waals surface area contributed by atoms with E-state index < -0.39 is 10.0 Å². The fourth-order valence-electron chi connectivity index (χ4n) is 3.49. The van der Waals surface area contributed by atoms with Crippen LogP contribution < -0.4 is 5.32 Å². The van der Waals surface area contributed by atoms with Crippen LogP contribution in [0.25, 0.3) is 0 Å². The van der Waals surface area contributed by atoms with Gasteiger partial charge < -0.3 is 5.32 Å². The summed E-state index contributed by atoms with van der Waals surface area (Å²) in [6.45, 7) is 1.02. The fourth-order valence-corrected chi connectivity index (χ4v) is 4.40. The summed E-state index contributed by atoms with van der Waals surface area (Å²) in [4.78, 5) is 12.2. The van der Waals surface area contributed by atoms with Crippen molar-refractivity contribution < 1.29 is 13.2 Å². The topological polar surface area (TPSA) is 95.2 Å². The second kappa shape index (κ2) is 6.60. The summed E-state index contributed by atoms with van der Waals surface area (Å²) in [6, 6.07) is 2.03. The van der Waals surface area contributed by atoms with E-state index in [-0.39, 0.29) is 17.9 Å². The second-order valence-corrected chi connectivity index (χ2v) is 8.61. The van der Waals surface area contributed by atoms with Gasteiger partial charge in [-0.05, 0) is 31.7 Å². The lowest BCUT2D eigenvalue weighted by Crippen LogP contribution is -2.38. The van der Waals surface area contributed by atoms with Crippen molar-refractivity contribution in [3.8, 4) is 0 Å². The summed E-state index contributed by atoms with van der Waals surface area (Å²) >= 11 is 0. The third-order valence-corrected chi connectivity index (χ3v) is 6.08. The van der Waals surface area contributed by atoms with Gasteiger partial charge in [-0.2, -0.15) is 5.10 Å². The SMILES string of the molecule is CS(=O)(=O)N1CCCC(c2cc(C(=O)NC3CCCC3)n[nH]2)C1. The molecule has 0 spiro atoms. The van der Waals surface area contributed by atoms with Crippen LogP contribution in [0.2, 0.25) is 0 Å². The van der Waals surface area contributed by atoms with Crippen molar-refractivity contribution in [1.29, 1.82) is 0 Å². The summed E-state index contributed by atoms with van der Waals surface area (Å²) in [5.74, 6) is -0.0748. The summed E-state index contributed by atoms with van der Waals surface area (Å²) in [5.41, 5.74) is 1.23. The molecule has 0 aromatic carbocycles. The molecular weight excluding hydrogens is 316 g/mol. The Kier molecular flexibility index (Phi) is 4.72. The maximum Gasteiger partial charge on any atom is 0.271 e. The highest BCUT2D eigenvalue weighted by Gasteiger charge is 2.28. The van der Waals surface area contributed by atoms with Crippen molar-refractivity contribution in [2.24, 2.45) is 0 Å². The molecule has 1 aromatic rings. The van der Waals surface area contributed by atoms with Crippen LogP contribution in [-0.4, -0.2) is 54.2 Å². The van der Waals surface area contributed by atoms with Gasteiger partial charge in [0.05, 0.1) is 6.26 Å². The molecule has 1 aromatic heterocycles. The van der Waals surface area contributed by atoms with E-state index in [1.54, 1.807) is 6.07 Å². The molecule has 2 aliphatic rings. The van der Waals surface area contributed by atoms with Crippen LogP contribution in [0, 0.1) is 0 Å². The standard InChI is InChI=1S/C15H24N4O3S/c1-23(21,22)19-8-4-5-11(10-19)13-9-14(18-17-13)15(20)16-12-6-2-3-7-12/h9,11-12H,2-8,10H2,1H3,(H,16,20)(H,17,18). The monoisotopic (exact) mass is 340 g/mol. The van der Waals surface area contributed by atoms with E-state index in [0.29, 0.717) is 18.8 Å². The highest BCUT2D eigenvalue weighted by molar-refractivity contribution is 7.88. The molecule has 1 atom stereocenters. The molecule has 2 fully saturated rings. The van der Waals surface area contributed by atoms with Gasteiger partial charge in [-0.3, -0.25) is 9.89 Å². The molecule has 2 heterocycles. The number of hydrogen-bond donors (Lipinski definition) is 2. The minimum atomic E-state index is -3.17. The maximum absolute atomic E-state index is 12.2. The zero-order valence-corrected chi connectivity index (χ0v) is 14.2. The number of aromatic amines is 1. The van der Waals surface area contributed by atoms with Gasteiger partial charge in [0.2, 0.25) is 10.0 Å². The molecule has 0 bridgehead atoms. The Labute approximate surface area is 136 Å². The predicted octanol–water partition coefficient (Wildman–Crippen LogP) is 1.22. The van der Waals surface area contributed by atoms with Gasteiger partial charge in [-0.1, -0.05) is 12.8 Å². The molecule has 1 aliphatic carbocycles. The highest BCUT2D eigenvalue weighted by atomic mass is 32.2. The van der Waals surface area contributed by atoms with E-state index in [9.17, 15) is 13.2 Å². The van der Waals surface area contributed by atoms with Gasteiger partial charge >= 0.3 is 0 Å². The third-order valence-electron chi connectivity index (χ3n) is 4.81. The lowest BCUT2D eigenvalue weighted by atomic mass is 9.96. The number of carbonyl (C=O) groups excluding carboxylic acids is 1. The number of hydrogen-bond acceptors (Lipinski definition) is 4. The Morgan fingerprint density at radius 2 is 2.04 bits per heavy atom. The van der Waals surface area contributed by atoms with Crippen LogP contribution in [0.4, 0.5) is 0 Å². The molecule has 1 saturated carbocycles. The van der Waals surface area contributed by atoms with Gasteiger partial charge in [-0.15, -0.1) is 0 Å². The average molecular weight is 340 g/mol. The zero-order valence-electron chi connectivity index (χ0n) is 13.4. The fraction of sp³-hybridized carbons (Fsp3) is 0.733. The number of aromatic nitrogens is 2. The Morgan fingerprint density at radius 3 is 2.74 bits per heavy atom. The van der Waals surface area contributed by atoms with Crippen LogP contribution >= 0.6 is 0 Å². The Bertz CT molecular complexity index is 664. The number of nitrogens with one attached hydrogen (secondary N) is 2. The largest absolute Gasteiger partial charge is 0.348 e. The number of nitrogens with zero attached hydrogens (tertiary/aromatic N) is 2. The minimum absolute atomic E-state index is 0.0685. The summed E-state index contributed by atoms with van der Waals surface area (Å²) in [7, 11) is -3.17. The van der Waals surface area contributed by atoms with Crippen LogP contribution in [0.3, 0.4) is 0 Å². The molecule has 8 heteroatoms. The Morgan fingerprint density at radius 1 is 1.30 bits per heavy atom. The quantitative estimate of drug-likeness (QED) is 0.861. The van der Waals surface area contributed by atoms with Crippen molar-refractivity contribution in [2.75, 3.05) is 19.3 Å². The number of piperidine rings is 1. The van der Waals surface area contributed by atoms with Crippen molar-refractivity contribution >= 4 is 15.9 Å². The highest BCUT2D eigenvalue weighted by Crippen LogP contribution is 2.27. The summed E-state index contributed by atoms with van der Waals surface area (Å²) < 4.78 is 24.9. The van der Waals surface area contributed by atoms with Crippen molar-refractivity contribution in [3.63, 3.8) is 0 Å². The smallest absolute Gasteiger partial charge is 0.271 e. The number of amides is 1. The number of H-pyrrole nitrogens is 1. The van der Waals surface area contributed by atoms with Gasteiger partial charge in [-0.25, -0.2) is 12.7 Å². The minimum Gasteiger partial charge on any atom is -0.348 e. The van der Waals surface area contributed by atoms with Crippen LogP contribution in [-0.2, 0) is 10.0 Å². The van der Waals surface area contributed by atoms with Gasteiger partial charge in [0.25, 0.3) is 5.91 Å². The van der Waals surface area contributed by atoms with Gasteiger partial charge in [0.15, 0.2) is 0 Å². The normalized spacial score (nSPS) is 24.0. The van der Waals surface area contributed by atoms with E-state index in [2.05, 4.69) is 15.5 Å². The molecule has 3 rings (SSSR count). The third kappa shape index (κ3) is 3.92. The first kappa shape index (κ1) is 16.4. The molecule has 23 heavy (non-hydrogen) atoms. The molecule has 1 unspecified atom stereocenters. The lowest BCUT2D eigenvalue weighted by molar-refractivity contribution is 0.0932. The average Bonchev–Trinajstić information content (AvgIpc) is 3.17. The first-order chi connectivity index (χ1) is 10.9.